The van der Waals surface area contributed by atoms with Crippen LogP contribution in [0.1, 0.15) is 16.1 Å². The Morgan fingerprint density at radius 3 is 2.86 bits per heavy atom. The fraction of sp³-hybridized carbons (Fsp3) is 0.0667. The van der Waals surface area contributed by atoms with E-state index in [-0.39, 0.29) is 5.69 Å². The van der Waals surface area contributed by atoms with E-state index < -0.39 is 0 Å². The maximum absolute atomic E-state index is 11.2. The molecule has 1 aromatic carbocycles. The molecule has 0 radical (unpaired) electrons. The Hall–Kier alpha value is -2.53. The van der Waals surface area contributed by atoms with E-state index in [9.17, 15) is 4.79 Å². The van der Waals surface area contributed by atoms with Gasteiger partial charge in [-0.25, -0.2) is 4.68 Å². The summed E-state index contributed by atoms with van der Waals surface area (Å²) in [5, 5.41) is 8.61. The van der Waals surface area contributed by atoms with Crippen LogP contribution >= 0.6 is 11.6 Å². The van der Waals surface area contributed by atoms with Crippen LogP contribution in [0.4, 0.5) is 0 Å². The van der Waals surface area contributed by atoms with Crippen LogP contribution in [0, 0.1) is 6.92 Å². The molecule has 5 nitrogen and oxygen atoms in total. The third-order valence-electron chi connectivity index (χ3n) is 3.14. The minimum atomic E-state index is 0.266. The number of aromatic nitrogens is 4. The summed E-state index contributed by atoms with van der Waals surface area (Å²) < 4.78 is 1.61. The van der Waals surface area contributed by atoms with Crippen molar-refractivity contribution < 1.29 is 4.79 Å². The van der Waals surface area contributed by atoms with Gasteiger partial charge in [0.25, 0.3) is 0 Å². The van der Waals surface area contributed by atoms with Gasteiger partial charge in [-0.1, -0.05) is 22.9 Å². The summed E-state index contributed by atoms with van der Waals surface area (Å²) in [4.78, 5) is 15.3. The van der Waals surface area contributed by atoms with Gasteiger partial charge in [-0.05, 0) is 36.8 Å². The molecular formula is C15H11ClN4O. The van der Waals surface area contributed by atoms with Crippen molar-refractivity contribution in [1.29, 1.82) is 0 Å². The molecule has 0 amide bonds. The zero-order chi connectivity index (χ0) is 14.8. The first-order valence-corrected chi connectivity index (χ1v) is 6.66. The molecule has 0 N–H and O–H groups in total. The van der Waals surface area contributed by atoms with Crippen molar-refractivity contribution in [3.8, 4) is 16.9 Å². The summed E-state index contributed by atoms with van der Waals surface area (Å²) in [5.74, 6) is 0. The van der Waals surface area contributed by atoms with Gasteiger partial charge in [0.2, 0.25) is 0 Å². The lowest BCUT2D eigenvalue weighted by Gasteiger charge is -2.10. The second-order valence-corrected chi connectivity index (χ2v) is 4.96. The first-order valence-electron chi connectivity index (χ1n) is 6.28. The van der Waals surface area contributed by atoms with Crippen LogP contribution in [0.15, 0.2) is 42.7 Å². The summed E-state index contributed by atoms with van der Waals surface area (Å²) in [5.41, 5.74) is 3.39. The van der Waals surface area contributed by atoms with E-state index in [0.29, 0.717) is 17.0 Å². The number of pyridine rings is 1. The van der Waals surface area contributed by atoms with E-state index >= 15 is 0 Å². The smallest absolute Gasteiger partial charge is 0.172 e. The van der Waals surface area contributed by atoms with Gasteiger partial charge < -0.3 is 0 Å². The summed E-state index contributed by atoms with van der Waals surface area (Å²) in [7, 11) is 0. The van der Waals surface area contributed by atoms with Gasteiger partial charge in [-0.2, -0.15) is 0 Å². The Bertz CT molecular complexity index is 799. The Morgan fingerprint density at radius 2 is 2.14 bits per heavy atom. The summed E-state index contributed by atoms with van der Waals surface area (Å²) in [6.45, 7) is 1.95. The quantitative estimate of drug-likeness (QED) is 0.697. The third kappa shape index (κ3) is 2.43. The highest BCUT2D eigenvalue weighted by molar-refractivity contribution is 6.30. The lowest BCUT2D eigenvalue weighted by Crippen LogP contribution is -2.02. The number of benzene rings is 1. The molecule has 2 heterocycles. The normalized spacial score (nSPS) is 10.6. The third-order valence-corrected chi connectivity index (χ3v) is 3.38. The van der Waals surface area contributed by atoms with Crippen LogP contribution in [0.5, 0.6) is 0 Å². The molecule has 3 rings (SSSR count). The molecule has 21 heavy (non-hydrogen) atoms. The van der Waals surface area contributed by atoms with Gasteiger partial charge in [0.15, 0.2) is 12.0 Å². The molecule has 0 bridgehead atoms. The van der Waals surface area contributed by atoms with Crippen molar-refractivity contribution in [2.24, 2.45) is 0 Å². The van der Waals surface area contributed by atoms with Gasteiger partial charge in [-0.3, -0.25) is 9.78 Å². The topological polar surface area (TPSA) is 60.7 Å². The summed E-state index contributed by atoms with van der Waals surface area (Å²) in [6.07, 6.45) is 4.02. The lowest BCUT2D eigenvalue weighted by atomic mass is 10.1. The summed E-state index contributed by atoms with van der Waals surface area (Å²) >= 11 is 6.06. The molecule has 0 aliphatic rings. The van der Waals surface area contributed by atoms with Crippen molar-refractivity contribution in [1.82, 2.24) is 20.0 Å². The highest BCUT2D eigenvalue weighted by atomic mass is 35.5. The molecule has 0 saturated carbocycles. The molecular weight excluding hydrogens is 288 g/mol. The second kappa shape index (κ2) is 5.46. The molecule has 0 atom stereocenters. The number of aldehydes is 1. The van der Waals surface area contributed by atoms with Gasteiger partial charge in [-0.15, -0.1) is 5.10 Å². The van der Waals surface area contributed by atoms with E-state index in [2.05, 4.69) is 15.3 Å². The molecule has 0 fully saturated rings. The maximum Gasteiger partial charge on any atom is 0.172 e. The first-order chi connectivity index (χ1) is 10.2. The summed E-state index contributed by atoms with van der Waals surface area (Å²) in [6, 6.07) is 9.15. The number of hydrogen-bond acceptors (Lipinski definition) is 4. The van der Waals surface area contributed by atoms with Gasteiger partial charge in [0.05, 0.1) is 5.69 Å². The van der Waals surface area contributed by atoms with E-state index in [1.807, 2.05) is 25.1 Å². The number of hydrogen-bond donors (Lipinski definition) is 0. The van der Waals surface area contributed by atoms with E-state index in [1.165, 1.54) is 0 Å². The Balaban J connectivity index is 2.27. The average molecular weight is 299 g/mol. The molecule has 2 aromatic heterocycles. The number of nitrogens with zero attached hydrogens (tertiary/aromatic N) is 4. The standard InChI is InChI=1S/C15H11ClN4O/c1-10-4-5-12(16)7-14(10)20-15(13(9-21)18-19-20)11-3-2-6-17-8-11/h2-9H,1H3. The number of halogens is 1. The Labute approximate surface area is 126 Å². The van der Waals surface area contributed by atoms with Crippen molar-refractivity contribution in [2.45, 2.75) is 6.92 Å². The molecule has 0 aliphatic carbocycles. The highest BCUT2D eigenvalue weighted by Gasteiger charge is 2.17. The highest BCUT2D eigenvalue weighted by Crippen LogP contribution is 2.26. The lowest BCUT2D eigenvalue weighted by molar-refractivity contribution is 0.111. The van der Waals surface area contributed by atoms with Crippen LogP contribution in [-0.2, 0) is 0 Å². The van der Waals surface area contributed by atoms with Gasteiger partial charge in [0, 0.05) is 23.0 Å². The maximum atomic E-state index is 11.2. The fourth-order valence-corrected chi connectivity index (χ4v) is 2.29. The average Bonchev–Trinajstić information content (AvgIpc) is 2.94. The fourth-order valence-electron chi connectivity index (χ4n) is 2.13. The van der Waals surface area contributed by atoms with Crippen LogP contribution < -0.4 is 0 Å². The van der Waals surface area contributed by atoms with Crippen molar-refractivity contribution in [3.05, 3.63) is 59.0 Å². The number of carbonyl (C=O) groups excluding carboxylic acids is 1. The molecule has 6 heteroatoms. The zero-order valence-electron chi connectivity index (χ0n) is 11.2. The van der Waals surface area contributed by atoms with Crippen molar-refractivity contribution >= 4 is 17.9 Å². The number of aryl methyl sites for hydroxylation is 1. The minimum absolute atomic E-state index is 0.266. The SMILES string of the molecule is Cc1ccc(Cl)cc1-n1nnc(C=O)c1-c1cccnc1. The van der Waals surface area contributed by atoms with E-state index in [0.717, 1.165) is 16.8 Å². The van der Waals surface area contributed by atoms with Crippen LogP contribution in [0.2, 0.25) is 5.02 Å². The molecule has 0 aliphatic heterocycles. The number of carbonyl (C=O) groups is 1. The first kappa shape index (κ1) is 13.5. The van der Waals surface area contributed by atoms with Gasteiger partial charge >= 0.3 is 0 Å². The molecule has 3 aromatic rings. The second-order valence-electron chi connectivity index (χ2n) is 4.53. The molecule has 0 saturated heterocycles. The Kier molecular flexibility index (Phi) is 3.50. The molecule has 0 spiro atoms. The van der Waals surface area contributed by atoms with Crippen LogP contribution in [0.3, 0.4) is 0 Å². The number of rotatable bonds is 3. The minimum Gasteiger partial charge on any atom is -0.296 e. The molecule has 104 valence electrons. The van der Waals surface area contributed by atoms with Crippen molar-refractivity contribution in [3.63, 3.8) is 0 Å². The van der Waals surface area contributed by atoms with E-state index in [1.54, 1.807) is 29.2 Å². The zero-order valence-corrected chi connectivity index (χ0v) is 11.9. The monoisotopic (exact) mass is 298 g/mol. The van der Waals surface area contributed by atoms with E-state index in [4.69, 9.17) is 11.6 Å². The Morgan fingerprint density at radius 1 is 1.29 bits per heavy atom. The predicted molar refractivity (Wildman–Crippen MR) is 79.7 cm³/mol. The van der Waals surface area contributed by atoms with Crippen molar-refractivity contribution in [2.75, 3.05) is 0 Å². The molecule has 0 unspecified atom stereocenters. The van der Waals surface area contributed by atoms with Gasteiger partial charge in [0.1, 0.15) is 5.69 Å². The predicted octanol–water partition coefficient (Wildman–Crippen LogP) is 3.10. The largest absolute Gasteiger partial charge is 0.296 e. The van der Waals surface area contributed by atoms with Crippen LogP contribution in [0.25, 0.3) is 16.9 Å². The van der Waals surface area contributed by atoms with Crippen LogP contribution in [-0.4, -0.2) is 26.3 Å².